The van der Waals surface area contributed by atoms with E-state index in [2.05, 4.69) is 20.9 Å². The second-order valence-corrected chi connectivity index (χ2v) is 3.96. The van der Waals surface area contributed by atoms with Gasteiger partial charge in [0.1, 0.15) is 6.54 Å². The van der Waals surface area contributed by atoms with Gasteiger partial charge in [0, 0.05) is 7.11 Å². The molecule has 0 aromatic rings. The normalized spacial score (nSPS) is 12.0. The van der Waals surface area contributed by atoms with E-state index in [0.717, 1.165) is 17.6 Å². The summed E-state index contributed by atoms with van der Waals surface area (Å²) < 4.78 is 84.1. The molecule has 0 saturated carbocycles. The summed E-state index contributed by atoms with van der Waals surface area (Å²) in [7, 11) is -7.98. The molecule has 0 amide bonds. The first kappa shape index (κ1) is 24.5. The Hall–Kier alpha value is -0.510. The van der Waals surface area contributed by atoms with Crippen LogP contribution in [-0.2, 0) is 4.74 Å². The van der Waals surface area contributed by atoms with Crippen LogP contribution in [0.2, 0.25) is 0 Å². The highest BCUT2D eigenvalue weighted by atomic mass is 19.5. The summed E-state index contributed by atoms with van der Waals surface area (Å²) in [6.45, 7) is 8.83. The average molecular weight is 320 g/mol. The van der Waals surface area contributed by atoms with E-state index in [1.165, 1.54) is 13.1 Å². The highest BCUT2D eigenvalue weighted by Gasteiger charge is 2.21. The number of hydrogen-bond acceptors (Lipinski definition) is 1. The van der Waals surface area contributed by atoms with Gasteiger partial charge in [-0.15, -0.1) is 0 Å². The number of rotatable bonds is 5. The zero-order valence-electron chi connectivity index (χ0n) is 11.9. The Morgan fingerprint density at radius 2 is 1.05 bits per heavy atom. The third kappa shape index (κ3) is 43.2. The fourth-order valence-corrected chi connectivity index (χ4v) is 0.852. The summed E-state index contributed by atoms with van der Waals surface area (Å²) in [6.07, 6.45) is 0. The summed E-state index contributed by atoms with van der Waals surface area (Å²) in [5, 5.41) is 0. The molecule has 126 valence electrons. The van der Waals surface area contributed by atoms with Gasteiger partial charge in [-0.3, -0.25) is 0 Å². The number of nitrogens with zero attached hydrogens (tertiary/aromatic N) is 1. The lowest BCUT2D eigenvalue weighted by Crippen LogP contribution is -2.45. The zero-order chi connectivity index (χ0) is 17.0. The van der Waals surface area contributed by atoms with Gasteiger partial charge in [-0.1, -0.05) is 0 Å². The van der Waals surface area contributed by atoms with Crippen molar-refractivity contribution in [2.24, 2.45) is 0 Å². The van der Waals surface area contributed by atoms with Gasteiger partial charge in [-0.05, 0) is 13.8 Å². The van der Waals surface area contributed by atoms with E-state index in [9.17, 15) is 34.5 Å². The number of quaternary nitrogens is 1. The molecule has 0 aromatic carbocycles. The molecular formula is C8H20B2F8NO-. The first-order chi connectivity index (χ1) is 8.68. The van der Waals surface area contributed by atoms with Gasteiger partial charge in [0.05, 0.1) is 26.7 Å². The number of hydrogen-bond donors (Lipinski definition) is 0. The van der Waals surface area contributed by atoms with Gasteiger partial charge >= 0.3 is 14.5 Å². The molecule has 0 radical (unpaired) electrons. The van der Waals surface area contributed by atoms with Crippen molar-refractivity contribution in [3.05, 3.63) is 0 Å². The Labute approximate surface area is 113 Å². The van der Waals surface area contributed by atoms with Crippen molar-refractivity contribution in [3.8, 4) is 0 Å². The Bertz CT molecular complexity index is 196. The van der Waals surface area contributed by atoms with Crippen LogP contribution in [0.5, 0.6) is 0 Å². The molecule has 0 heterocycles. The van der Waals surface area contributed by atoms with Gasteiger partial charge in [-0.25, -0.2) is 0 Å². The lowest BCUT2D eigenvalue weighted by atomic mass is 10.3. The van der Waals surface area contributed by atoms with Crippen molar-refractivity contribution in [1.29, 1.82) is 0 Å². The molecule has 0 saturated heterocycles. The minimum atomic E-state index is -6.00. The maximum absolute atomic E-state index is 9.75. The predicted octanol–water partition coefficient (Wildman–Crippen LogP) is 3.72. The van der Waals surface area contributed by atoms with Crippen LogP contribution in [0.1, 0.15) is 13.8 Å². The molecule has 20 heavy (non-hydrogen) atoms. The van der Waals surface area contributed by atoms with Crippen LogP contribution in [0.15, 0.2) is 0 Å². The van der Waals surface area contributed by atoms with Gasteiger partial charge in [-0.2, -0.15) is 0 Å². The molecule has 0 unspecified atom stereocenters. The number of halogens is 8. The molecular weight excluding hydrogens is 300 g/mol. The largest absolute Gasteiger partial charge is 0.673 e. The summed E-state index contributed by atoms with van der Waals surface area (Å²) in [5.74, 6) is 0. The molecule has 0 aromatic heterocycles. The molecule has 0 aliphatic heterocycles. The van der Waals surface area contributed by atoms with Crippen LogP contribution < -0.4 is 0 Å². The van der Waals surface area contributed by atoms with Crippen molar-refractivity contribution < 1.29 is 43.7 Å². The molecule has 12 heteroatoms. The minimum absolute atomic E-state index is 0.873. The molecule has 2 nitrogen and oxygen atoms in total. The van der Waals surface area contributed by atoms with Gasteiger partial charge in [0.15, 0.2) is 0 Å². The second-order valence-electron chi connectivity index (χ2n) is 3.96. The maximum Gasteiger partial charge on any atom is 0.673 e. The van der Waals surface area contributed by atoms with Crippen LogP contribution in [-0.4, -0.2) is 59.4 Å². The molecule has 0 fully saturated rings. The van der Waals surface area contributed by atoms with E-state index in [4.69, 9.17) is 4.74 Å². The molecule has 0 rings (SSSR count). The summed E-state index contributed by atoms with van der Waals surface area (Å²) >= 11 is 0. The van der Waals surface area contributed by atoms with Gasteiger partial charge < -0.3 is 43.7 Å². The highest BCUT2D eigenvalue weighted by Crippen LogP contribution is 2.07. The quantitative estimate of drug-likeness (QED) is 0.426. The smallest absolute Gasteiger partial charge is 0.418 e. The third-order valence-electron chi connectivity index (χ3n) is 2.36. The van der Waals surface area contributed by atoms with E-state index in [0.29, 0.717) is 0 Å². The lowest BCUT2D eigenvalue weighted by molar-refractivity contribution is -0.906. The highest BCUT2D eigenvalue weighted by molar-refractivity contribution is 6.50. The molecule has 0 spiro atoms. The van der Waals surface area contributed by atoms with Crippen LogP contribution >= 0.6 is 0 Å². The van der Waals surface area contributed by atoms with E-state index in [1.807, 2.05) is 0 Å². The molecule has 0 bridgehead atoms. The Morgan fingerprint density at radius 3 is 1.20 bits per heavy atom. The Kier molecular flexibility index (Phi) is 13.7. The lowest BCUT2D eigenvalue weighted by Gasteiger charge is -2.31. The molecule has 0 aliphatic rings. The monoisotopic (exact) mass is 320 g/mol. The fourth-order valence-electron chi connectivity index (χ4n) is 0.852. The zero-order valence-corrected chi connectivity index (χ0v) is 11.9. The number of ether oxygens (including phenoxy) is 1. The number of likely N-dealkylation sites (N-methyl/N-ethyl adjacent to an activating group) is 1. The first-order valence-electron chi connectivity index (χ1n) is 5.75. The van der Waals surface area contributed by atoms with Gasteiger partial charge in [0.2, 0.25) is 0 Å². The van der Waals surface area contributed by atoms with Crippen LogP contribution in [0.25, 0.3) is 0 Å². The summed E-state index contributed by atoms with van der Waals surface area (Å²) in [5.41, 5.74) is 0. The van der Waals surface area contributed by atoms with E-state index in [1.54, 1.807) is 7.11 Å². The van der Waals surface area contributed by atoms with Crippen LogP contribution in [0.3, 0.4) is 0 Å². The maximum atomic E-state index is 9.75. The van der Waals surface area contributed by atoms with Crippen molar-refractivity contribution in [3.63, 3.8) is 0 Å². The average Bonchev–Trinajstić information content (AvgIpc) is 2.21. The standard InChI is InChI=1S/C8H20NO.2BF4/c1-5-9(3,6-2)7-8-10-4;2*2-1(3,4)5/h5-8H2,1-4H3;;/q+1;2*-1. The van der Waals surface area contributed by atoms with Crippen LogP contribution in [0, 0.1) is 0 Å². The number of methoxy groups -OCH3 is 1. The van der Waals surface area contributed by atoms with Crippen molar-refractivity contribution in [2.75, 3.05) is 40.4 Å². The second kappa shape index (κ2) is 11.2. The topological polar surface area (TPSA) is 9.23 Å². The summed E-state index contributed by atoms with van der Waals surface area (Å²) in [4.78, 5) is 0. The fraction of sp³-hybridized carbons (Fsp3) is 1.00. The Balaban J connectivity index is -0.000000244. The van der Waals surface area contributed by atoms with E-state index >= 15 is 0 Å². The van der Waals surface area contributed by atoms with Crippen molar-refractivity contribution in [1.82, 2.24) is 0 Å². The van der Waals surface area contributed by atoms with Gasteiger partial charge in [0.25, 0.3) is 0 Å². The van der Waals surface area contributed by atoms with Crippen molar-refractivity contribution >= 4 is 14.5 Å². The third-order valence-corrected chi connectivity index (χ3v) is 2.36. The van der Waals surface area contributed by atoms with E-state index in [-0.39, 0.29) is 0 Å². The summed E-state index contributed by atoms with van der Waals surface area (Å²) in [6, 6.07) is 0. The van der Waals surface area contributed by atoms with Crippen LogP contribution in [0.4, 0.5) is 34.5 Å². The van der Waals surface area contributed by atoms with E-state index < -0.39 is 14.5 Å². The van der Waals surface area contributed by atoms with Crippen molar-refractivity contribution in [2.45, 2.75) is 13.8 Å². The molecule has 0 aliphatic carbocycles. The predicted molar refractivity (Wildman–Crippen MR) is 64.4 cm³/mol. The first-order valence-corrected chi connectivity index (χ1v) is 5.75. The SMILES string of the molecule is CC[N+](C)(CC)CCOC.F[B-](F)(F)F.F[B-](F)(F)F. The molecule has 0 N–H and O–H groups in total. The molecule has 0 atom stereocenters. The minimum Gasteiger partial charge on any atom is -0.418 e. The Morgan fingerprint density at radius 1 is 0.800 bits per heavy atom.